The van der Waals surface area contributed by atoms with Gasteiger partial charge in [-0.15, -0.1) is 0 Å². The van der Waals surface area contributed by atoms with Crippen molar-refractivity contribution >= 4 is 23.7 Å². The minimum atomic E-state index is -0.765. The Bertz CT molecular complexity index is 751. The van der Waals surface area contributed by atoms with Crippen LogP contribution in [0.3, 0.4) is 0 Å². The molecule has 1 amide bonds. The Balaban J connectivity index is 2.07. The van der Waals surface area contributed by atoms with E-state index in [2.05, 4.69) is 5.32 Å². The fourth-order valence-electron chi connectivity index (χ4n) is 1.97. The van der Waals surface area contributed by atoms with Crippen LogP contribution in [0.5, 0.6) is 0 Å². The van der Waals surface area contributed by atoms with Gasteiger partial charge >= 0.3 is 5.97 Å². The zero-order valence-corrected chi connectivity index (χ0v) is 13.2. The third-order valence-corrected chi connectivity index (χ3v) is 3.07. The van der Waals surface area contributed by atoms with Gasteiger partial charge in [0.1, 0.15) is 5.70 Å². The van der Waals surface area contributed by atoms with Gasteiger partial charge in [-0.1, -0.05) is 60.7 Å². The summed E-state index contributed by atoms with van der Waals surface area (Å²) < 4.78 is 5.02. The Morgan fingerprint density at radius 3 is 2.12 bits per heavy atom. The van der Waals surface area contributed by atoms with E-state index in [0.29, 0.717) is 5.56 Å². The second-order valence-corrected chi connectivity index (χ2v) is 5.02. The number of benzene rings is 2. The maximum atomic E-state index is 12.2. The predicted octanol–water partition coefficient (Wildman–Crippen LogP) is 2.59. The lowest BCUT2D eigenvalue weighted by atomic mass is 10.1. The molecule has 2 aromatic carbocycles. The number of nitrogens with one attached hydrogen (secondary N) is 1. The highest BCUT2D eigenvalue weighted by molar-refractivity contribution is 6.01. The van der Waals surface area contributed by atoms with Crippen molar-refractivity contribution in [1.29, 1.82) is 0 Å². The zero-order chi connectivity index (χ0) is 17.4. The third kappa shape index (κ3) is 5.21. The lowest BCUT2D eigenvalue weighted by Crippen LogP contribution is -2.27. The highest BCUT2D eigenvalue weighted by atomic mass is 16.5. The van der Waals surface area contributed by atoms with Crippen LogP contribution >= 0.6 is 0 Å². The van der Waals surface area contributed by atoms with Gasteiger partial charge in [0, 0.05) is 12.5 Å². The molecule has 1 N–H and O–H groups in total. The molecule has 122 valence electrons. The summed E-state index contributed by atoms with van der Waals surface area (Å²) in [5.41, 5.74) is 1.17. The summed E-state index contributed by atoms with van der Waals surface area (Å²) in [6.07, 6.45) is 1.50. The average Bonchev–Trinajstić information content (AvgIpc) is 2.60. The van der Waals surface area contributed by atoms with Crippen LogP contribution < -0.4 is 5.32 Å². The van der Waals surface area contributed by atoms with Crippen LogP contribution in [-0.2, 0) is 14.3 Å². The molecule has 0 spiro atoms. The number of esters is 1. The number of amides is 1. The number of rotatable bonds is 6. The van der Waals surface area contributed by atoms with Crippen molar-refractivity contribution in [1.82, 2.24) is 5.32 Å². The first-order valence-corrected chi connectivity index (χ1v) is 7.36. The predicted molar refractivity (Wildman–Crippen MR) is 90.0 cm³/mol. The first-order chi connectivity index (χ1) is 11.6. The van der Waals surface area contributed by atoms with E-state index in [-0.39, 0.29) is 11.5 Å². The second-order valence-electron chi connectivity index (χ2n) is 5.02. The van der Waals surface area contributed by atoms with Crippen LogP contribution in [0.4, 0.5) is 0 Å². The molecule has 0 aliphatic heterocycles. The molecule has 0 atom stereocenters. The number of carbonyl (C=O) groups excluding carboxylic acids is 3. The van der Waals surface area contributed by atoms with E-state index in [0.717, 1.165) is 5.56 Å². The van der Waals surface area contributed by atoms with Gasteiger partial charge in [0.15, 0.2) is 12.4 Å². The Kier molecular flexibility index (Phi) is 6.02. The summed E-state index contributed by atoms with van der Waals surface area (Å²) in [7, 11) is 0. The molecular weight excluding hydrogens is 306 g/mol. The molecule has 0 aliphatic rings. The van der Waals surface area contributed by atoms with Crippen molar-refractivity contribution in [2.45, 2.75) is 6.92 Å². The maximum Gasteiger partial charge on any atom is 0.355 e. The summed E-state index contributed by atoms with van der Waals surface area (Å²) in [6.45, 7) is 0.899. The van der Waals surface area contributed by atoms with Gasteiger partial charge in [-0.05, 0) is 11.6 Å². The van der Waals surface area contributed by atoms with Gasteiger partial charge in [-0.3, -0.25) is 9.59 Å². The first kappa shape index (κ1) is 17.1. The molecule has 0 radical (unpaired) electrons. The fourth-order valence-corrected chi connectivity index (χ4v) is 1.97. The zero-order valence-electron chi connectivity index (χ0n) is 13.2. The van der Waals surface area contributed by atoms with Crippen molar-refractivity contribution < 1.29 is 19.1 Å². The number of Topliss-reactive ketones (excluding diaryl/α,β-unsaturated/α-hetero) is 1. The summed E-state index contributed by atoms with van der Waals surface area (Å²) in [6, 6.07) is 17.6. The lowest BCUT2D eigenvalue weighted by molar-refractivity contribution is -0.139. The molecule has 0 aliphatic carbocycles. The molecule has 5 heteroatoms. The molecule has 0 fully saturated rings. The van der Waals surface area contributed by atoms with Crippen molar-refractivity contribution in [3.8, 4) is 0 Å². The molecule has 0 bridgehead atoms. The van der Waals surface area contributed by atoms with E-state index >= 15 is 0 Å². The van der Waals surface area contributed by atoms with Gasteiger partial charge in [0.05, 0.1) is 0 Å². The number of ketones is 1. The van der Waals surface area contributed by atoms with Crippen LogP contribution in [0.1, 0.15) is 22.8 Å². The van der Waals surface area contributed by atoms with Crippen molar-refractivity contribution in [3.63, 3.8) is 0 Å². The lowest BCUT2D eigenvalue weighted by Gasteiger charge is -2.09. The Hall–Kier alpha value is -3.21. The summed E-state index contributed by atoms with van der Waals surface area (Å²) in [5.74, 6) is -1.48. The number of hydrogen-bond donors (Lipinski definition) is 1. The summed E-state index contributed by atoms with van der Waals surface area (Å²) in [5, 5.41) is 2.43. The van der Waals surface area contributed by atoms with E-state index < -0.39 is 18.5 Å². The summed E-state index contributed by atoms with van der Waals surface area (Å²) >= 11 is 0. The van der Waals surface area contributed by atoms with Crippen LogP contribution in [-0.4, -0.2) is 24.3 Å². The maximum absolute atomic E-state index is 12.2. The molecule has 2 aromatic rings. The van der Waals surface area contributed by atoms with E-state index in [4.69, 9.17) is 4.74 Å². The highest BCUT2D eigenvalue weighted by Gasteiger charge is 2.15. The number of carbonyl (C=O) groups is 3. The molecule has 0 saturated heterocycles. The van der Waals surface area contributed by atoms with E-state index in [1.54, 1.807) is 42.5 Å². The molecule has 0 unspecified atom stereocenters. The van der Waals surface area contributed by atoms with Crippen molar-refractivity contribution in [2.75, 3.05) is 6.61 Å². The Morgan fingerprint density at radius 1 is 0.958 bits per heavy atom. The second kappa shape index (κ2) is 8.43. The van der Waals surface area contributed by atoms with Gasteiger partial charge in [-0.25, -0.2) is 4.79 Å². The van der Waals surface area contributed by atoms with Gasteiger partial charge in [0.25, 0.3) is 0 Å². The molecule has 5 nitrogen and oxygen atoms in total. The Morgan fingerprint density at radius 2 is 1.54 bits per heavy atom. The van der Waals surface area contributed by atoms with Crippen molar-refractivity contribution in [3.05, 3.63) is 77.5 Å². The SMILES string of the molecule is CC(=O)NC(=Cc1ccccc1)C(=O)OCC(=O)c1ccccc1. The van der Waals surface area contributed by atoms with E-state index in [9.17, 15) is 14.4 Å². The van der Waals surface area contributed by atoms with Crippen LogP contribution in [0.2, 0.25) is 0 Å². The molecular formula is C19H17NO4. The first-order valence-electron chi connectivity index (χ1n) is 7.36. The van der Waals surface area contributed by atoms with Crippen molar-refractivity contribution in [2.24, 2.45) is 0 Å². The van der Waals surface area contributed by atoms with Crippen LogP contribution in [0.25, 0.3) is 6.08 Å². The quantitative estimate of drug-likeness (QED) is 0.504. The van der Waals surface area contributed by atoms with Crippen LogP contribution in [0.15, 0.2) is 66.4 Å². The fraction of sp³-hybridized carbons (Fsp3) is 0.105. The van der Waals surface area contributed by atoms with Gasteiger partial charge < -0.3 is 10.1 Å². The number of hydrogen-bond acceptors (Lipinski definition) is 4. The minimum Gasteiger partial charge on any atom is -0.453 e. The largest absolute Gasteiger partial charge is 0.453 e. The summed E-state index contributed by atoms with van der Waals surface area (Å²) in [4.78, 5) is 35.4. The van der Waals surface area contributed by atoms with E-state index in [1.165, 1.54) is 13.0 Å². The van der Waals surface area contributed by atoms with Crippen LogP contribution in [0, 0.1) is 0 Å². The average molecular weight is 323 g/mol. The van der Waals surface area contributed by atoms with Gasteiger partial charge in [-0.2, -0.15) is 0 Å². The normalized spacial score (nSPS) is 10.8. The molecule has 0 aromatic heterocycles. The molecule has 0 saturated carbocycles. The minimum absolute atomic E-state index is 0.0189. The monoisotopic (exact) mass is 323 g/mol. The topological polar surface area (TPSA) is 72.5 Å². The highest BCUT2D eigenvalue weighted by Crippen LogP contribution is 2.07. The molecule has 24 heavy (non-hydrogen) atoms. The third-order valence-electron chi connectivity index (χ3n) is 3.07. The smallest absolute Gasteiger partial charge is 0.355 e. The molecule has 0 heterocycles. The molecule has 2 rings (SSSR count). The van der Waals surface area contributed by atoms with E-state index in [1.807, 2.05) is 18.2 Å². The van der Waals surface area contributed by atoms with Gasteiger partial charge in [0.2, 0.25) is 5.91 Å². The number of ether oxygens (including phenoxy) is 1. The standard InChI is InChI=1S/C19H17NO4/c1-14(21)20-17(12-15-8-4-2-5-9-15)19(23)24-13-18(22)16-10-6-3-7-11-16/h2-12H,13H2,1H3,(H,20,21). The Labute approximate surface area is 140 Å².